The molecule has 0 aliphatic carbocycles. The van der Waals surface area contributed by atoms with Crippen molar-refractivity contribution in [2.75, 3.05) is 31.1 Å². The molecule has 1 fully saturated rings. The number of carbonyl (C=O) groups is 1. The predicted molar refractivity (Wildman–Crippen MR) is 120 cm³/mol. The van der Waals surface area contributed by atoms with Crippen LogP contribution in [0, 0.1) is 0 Å². The number of carbonyl (C=O) groups excluding carboxylic acids is 1. The molecule has 0 bridgehead atoms. The van der Waals surface area contributed by atoms with Crippen LogP contribution in [-0.2, 0) is 4.79 Å². The predicted octanol–water partition coefficient (Wildman–Crippen LogP) is 2.33. The van der Waals surface area contributed by atoms with E-state index in [-0.39, 0.29) is 5.91 Å². The van der Waals surface area contributed by atoms with Gasteiger partial charge in [-0.15, -0.1) is 5.10 Å². The van der Waals surface area contributed by atoms with E-state index >= 15 is 0 Å². The van der Waals surface area contributed by atoms with Crippen molar-refractivity contribution in [3.63, 3.8) is 0 Å². The van der Waals surface area contributed by atoms with E-state index < -0.39 is 6.10 Å². The maximum atomic E-state index is 12.8. The number of aromatic nitrogens is 5. The van der Waals surface area contributed by atoms with Gasteiger partial charge in [0.05, 0.1) is 5.69 Å². The van der Waals surface area contributed by atoms with Crippen LogP contribution >= 0.6 is 0 Å². The fourth-order valence-corrected chi connectivity index (χ4v) is 3.86. The topological polar surface area (TPSA) is 89.3 Å². The van der Waals surface area contributed by atoms with Crippen molar-refractivity contribution in [1.82, 2.24) is 29.9 Å². The van der Waals surface area contributed by atoms with Gasteiger partial charge in [0.25, 0.3) is 5.91 Å². The smallest absolute Gasteiger partial charge is 0.263 e. The largest absolute Gasteiger partial charge is 0.481 e. The van der Waals surface area contributed by atoms with Crippen LogP contribution in [0.2, 0.25) is 0 Å². The highest BCUT2D eigenvalue weighted by Gasteiger charge is 2.28. The van der Waals surface area contributed by atoms with Crippen LogP contribution in [0.1, 0.15) is 6.92 Å². The summed E-state index contributed by atoms with van der Waals surface area (Å²) >= 11 is 0. The van der Waals surface area contributed by atoms with Gasteiger partial charge >= 0.3 is 0 Å². The SMILES string of the molecule is C[C@H](Oc1ccccc1)C(=O)N1CCN(c2ncnc3c2nnn3-c2ccccc2)CC1. The van der Waals surface area contributed by atoms with Crippen LogP contribution in [-0.4, -0.2) is 68.1 Å². The third-order valence-electron chi connectivity index (χ3n) is 5.51. The second-order valence-electron chi connectivity index (χ2n) is 7.59. The Morgan fingerprint density at radius 1 is 0.938 bits per heavy atom. The number of para-hydroxylation sites is 2. The lowest BCUT2D eigenvalue weighted by molar-refractivity contribution is -0.138. The van der Waals surface area contributed by atoms with Crippen molar-refractivity contribution in [2.45, 2.75) is 13.0 Å². The fourth-order valence-electron chi connectivity index (χ4n) is 3.86. The molecule has 1 aliphatic rings. The van der Waals surface area contributed by atoms with Gasteiger partial charge in [-0.3, -0.25) is 4.79 Å². The second kappa shape index (κ2) is 8.62. The van der Waals surface area contributed by atoms with Crippen molar-refractivity contribution in [1.29, 1.82) is 0 Å². The Morgan fingerprint density at radius 3 is 2.34 bits per heavy atom. The molecule has 5 rings (SSSR count). The Labute approximate surface area is 185 Å². The van der Waals surface area contributed by atoms with Gasteiger partial charge in [-0.25, -0.2) is 9.97 Å². The summed E-state index contributed by atoms with van der Waals surface area (Å²) in [5.41, 5.74) is 2.20. The van der Waals surface area contributed by atoms with Gasteiger partial charge in [-0.2, -0.15) is 4.68 Å². The van der Waals surface area contributed by atoms with E-state index in [1.165, 1.54) is 6.33 Å². The number of piperazine rings is 1. The molecule has 1 saturated heterocycles. The van der Waals surface area contributed by atoms with Crippen LogP contribution < -0.4 is 9.64 Å². The standard InChI is InChI=1S/C23H23N7O2/c1-17(32-19-10-6-3-7-11-19)23(31)29-14-12-28(13-15-29)21-20-22(25-16-24-21)30(27-26-20)18-8-4-2-5-9-18/h2-11,16-17H,12-15H2,1H3/t17-/m0/s1. The molecule has 2 aromatic carbocycles. The number of rotatable bonds is 5. The summed E-state index contributed by atoms with van der Waals surface area (Å²) in [7, 11) is 0. The van der Waals surface area contributed by atoms with E-state index in [0.29, 0.717) is 43.1 Å². The van der Waals surface area contributed by atoms with Crippen molar-refractivity contribution in [3.05, 3.63) is 67.0 Å². The second-order valence-corrected chi connectivity index (χ2v) is 7.59. The van der Waals surface area contributed by atoms with Crippen LogP contribution in [0.5, 0.6) is 5.75 Å². The zero-order chi connectivity index (χ0) is 21.9. The average molecular weight is 429 g/mol. The van der Waals surface area contributed by atoms with Crippen LogP contribution in [0.25, 0.3) is 16.9 Å². The minimum absolute atomic E-state index is 0.0173. The van der Waals surface area contributed by atoms with Gasteiger partial charge in [0.15, 0.2) is 23.1 Å². The lowest BCUT2D eigenvalue weighted by atomic mass is 10.2. The van der Waals surface area contributed by atoms with Gasteiger partial charge in [-0.1, -0.05) is 41.6 Å². The summed E-state index contributed by atoms with van der Waals surface area (Å²) in [4.78, 5) is 25.7. The summed E-state index contributed by atoms with van der Waals surface area (Å²) in [5, 5.41) is 8.63. The van der Waals surface area contributed by atoms with E-state index in [4.69, 9.17) is 4.74 Å². The zero-order valence-corrected chi connectivity index (χ0v) is 17.7. The first kappa shape index (κ1) is 19.9. The van der Waals surface area contributed by atoms with Crippen molar-refractivity contribution in [3.8, 4) is 11.4 Å². The molecule has 2 aromatic heterocycles. The molecule has 3 heterocycles. The highest BCUT2D eigenvalue weighted by Crippen LogP contribution is 2.24. The van der Waals surface area contributed by atoms with Gasteiger partial charge in [0, 0.05) is 26.2 Å². The number of hydrogen-bond donors (Lipinski definition) is 0. The molecule has 9 heteroatoms. The molecule has 0 radical (unpaired) electrons. The highest BCUT2D eigenvalue weighted by molar-refractivity contribution is 5.84. The molecule has 1 amide bonds. The number of benzene rings is 2. The summed E-state index contributed by atoms with van der Waals surface area (Å²) in [6.07, 6.45) is 0.994. The molecule has 0 N–H and O–H groups in total. The first-order valence-corrected chi connectivity index (χ1v) is 10.6. The summed E-state index contributed by atoms with van der Waals surface area (Å²) < 4.78 is 7.51. The number of anilines is 1. The first-order valence-electron chi connectivity index (χ1n) is 10.6. The Morgan fingerprint density at radius 2 is 1.62 bits per heavy atom. The molecule has 0 spiro atoms. The van der Waals surface area contributed by atoms with E-state index in [2.05, 4.69) is 25.2 Å². The Balaban J connectivity index is 1.28. The van der Waals surface area contributed by atoms with Crippen LogP contribution in [0.15, 0.2) is 67.0 Å². The average Bonchev–Trinajstić information content (AvgIpc) is 3.29. The van der Waals surface area contributed by atoms with Crippen LogP contribution in [0.4, 0.5) is 5.82 Å². The minimum Gasteiger partial charge on any atom is -0.481 e. The molecular weight excluding hydrogens is 406 g/mol. The molecule has 4 aromatic rings. The lowest BCUT2D eigenvalue weighted by Crippen LogP contribution is -2.52. The summed E-state index contributed by atoms with van der Waals surface area (Å²) in [6, 6.07) is 19.2. The number of fused-ring (bicyclic) bond motifs is 1. The molecule has 32 heavy (non-hydrogen) atoms. The maximum absolute atomic E-state index is 12.8. The monoisotopic (exact) mass is 429 g/mol. The molecule has 0 saturated carbocycles. The lowest BCUT2D eigenvalue weighted by Gasteiger charge is -2.36. The van der Waals surface area contributed by atoms with E-state index in [9.17, 15) is 4.79 Å². The normalized spacial score (nSPS) is 15.0. The van der Waals surface area contributed by atoms with E-state index in [0.717, 1.165) is 11.5 Å². The van der Waals surface area contributed by atoms with Crippen molar-refractivity contribution < 1.29 is 9.53 Å². The molecule has 9 nitrogen and oxygen atoms in total. The molecule has 162 valence electrons. The van der Waals surface area contributed by atoms with Gasteiger partial charge in [0.2, 0.25) is 0 Å². The minimum atomic E-state index is -0.541. The third kappa shape index (κ3) is 3.84. The van der Waals surface area contributed by atoms with Crippen molar-refractivity contribution >= 4 is 22.9 Å². The Bertz CT molecular complexity index is 1200. The number of nitrogens with zero attached hydrogens (tertiary/aromatic N) is 7. The first-order chi connectivity index (χ1) is 15.7. The maximum Gasteiger partial charge on any atom is 0.263 e. The van der Waals surface area contributed by atoms with Gasteiger partial charge in [0.1, 0.15) is 12.1 Å². The summed E-state index contributed by atoms with van der Waals surface area (Å²) in [5.74, 6) is 1.41. The Kier molecular flexibility index (Phi) is 5.37. The van der Waals surface area contributed by atoms with Crippen molar-refractivity contribution in [2.24, 2.45) is 0 Å². The molecule has 1 atom stereocenters. The van der Waals surface area contributed by atoms with Crippen LogP contribution in [0.3, 0.4) is 0 Å². The molecule has 1 aliphatic heterocycles. The molecule has 0 unspecified atom stereocenters. The third-order valence-corrected chi connectivity index (χ3v) is 5.51. The fraction of sp³-hybridized carbons (Fsp3) is 0.261. The zero-order valence-electron chi connectivity index (χ0n) is 17.7. The van der Waals surface area contributed by atoms with Gasteiger partial charge < -0.3 is 14.5 Å². The van der Waals surface area contributed by atoms with Gasteiger partial charge in [-0.05, 0) is 31.2 Å². The van der Waals surface area contributed by atoms with E-state index in [1.54, 1.807) is 11.6 Å². The number of ether oxygens (including phenoxy) is 1. The quantitative estimate of drug-likeness (QED) is 0.481. The van der Waals surface area contributed by atoms with E-state index in [1.807, 2.05) is 65.6 Å². The highest BCUT2D eigenvalue weighted by atomic mass is 16.5. The summed E-state index contributed by atoms with van der Waals surface area (Å²) in [6.45, 7) is 4.25. The molecular formula is C23H23N7O2. The number of amides is 1. The number of hydrogen-bond acceptors (Lipinski definition) is 7. The Hall–Kier alpha value is -4.01.